The number of anilines is 2. The Bertz CT molecular complexity index is 790. The van der Waals surface area contributed by atoms with Gasteiger partial charge in [-0.05, 0) is 62.2 Å². The van der Waals surface area contributed by atoms with Crippen LogP contribution in [0.15, 0.2) is 44.2 Å². The lowest BCUT2D eigenvalue weighted by atomic mass is 10.3. The monoisotopic (exact) mass is 472 g/mol. The lowest BCUT2D eigenvalue weighted by Gasteiger charge is -2.12. The normalized spacial score (nSPS) is 11.4. The van der Waals surface area contributed by atoms with Crippen molar-refractivity contribution in [1.29, 1.82) is 0 Å². The first-order chi connectivity index (χ1) is 9.70. The molecule has 0 radical (unpaired) electrons. The fourth-order valence-electron chi connectivity index (χ4n) is 1.60. The van der Waals surface area contributed by atoms with Crippen LogP contribution < -0.4 is 10.5 Å². The van der Waals surface area contributed by atoms with Gasteiger partial charge in [0.25, 0.3) is 10.0 Å². The van der Waals surface area contributed by atoms with E-state index in [-0.39, 0.29) is 9.92 Å². The van der Waals surface area contributed by atoms with Crippen LogP contribution in [0.5, 0.6) is 0 Å². The molecule has 0 aliphatic heterocycles. The van der Waals surface area contributed by atoms with Gasteiger partial charge in [0.05, 0.1) is 15.7 Å². The van der Waals surface area contributed by atoms with Gasteiger partial charge in [0.1, 0.15) is 4.90 Å². The summed E-state index contributed by atoms with van der Waals surface area (Å²) >= 11 is 18.1. The standard InChI is InChI=1S/C12H8Br2Cl2N2O2S/c13-8-3-6(17)4-9(14)12(8)21(19,20)18-7-1-2-10(15)11(16)5-7/h1-5,18H,17H2. The highest BCUT2D eigenvalue weighted by Crippen LogP contribution is 2.34. The van der Waals surface area contributed by atoms with E-state index in [2.05, 4.69) is 36.6 Å². The maximum Gasteiger partial charge on any atom is 0.264 e. The molecule has 0 spiro atoms. The minimum Gasteiger partial charge on any atom is -0.399 e. The summed E-state index contributed by atoms with van der Waals surface area (Å²) in [6, 6.07) is 7.47. The highest BCUT2D eigenvalue weighted by molar-refractivity contribution is 9.11. The predicted octanol–water partition coefficient (Wildman–Crippen LogP) is 4.90. The van der Waals surface area contributed by atoms with Crippen LogP contribution in [-0.2, 0) is 10.0 Å². The van der Waals surface area contributed by atoms with E-state index in [0.29, 0.717) is 25.3 Å². The molecule has 0 atom stereocenters. The second-order valence-corrected chi connectivity index (χ2v) is 8.19. The van der Waals surface area contributed by atoms with Gasteiger partial charge in [0.15, 0.2) is 0 Å². The van der Waals surface area contributed by atoms with Gasteiger partial charge < -0.3 is 5.73 Å². The number of sulfonamides is 1. The highest BCUT2D eigenvalue weighted by atomic mass is 79.9. The molecule has 0 bridgehead atoms. The molecule has 0 aliphatic carbocycles. The smallest absolute Gasteiger partial charge is 0.264 e. The zero-order valence-electron chi connectivity index (χ0n) is 10.2. The van der Waals surface area contributed by atoms with Crippen LogP contribution in [0.4, 0.5) is 11.4 Å². The number of hydrogen-bond donors (Lipinski definition) is 2. The van der Waals surface area contributed by atoms with Crippen LogP contribution in [0.25, 0.3) is 0 Å². The molecule has 2 aromatic rings. The third kappa shape index (κ3) is 3.84. The third-order valence-corrected chi connectivity index (χ3v) is 6.46. The first kappa shape index (κ1) is 16.9. The number of nitrogens with one attached hydrogen (secondary N) is 1. The Hall–Kier alpha value is -0.470. The molecule has 0 aromatic heterocycles. The number of hydrogen-bond acceptors (Lipinski definition) is 3. The maximum atomic E-state index is 12.5. The zero-order valence-corrected chi connectivity index (χ0v) is 15.7. The molecule has 112 valence electrons. The van der Waals surface area contributed by atoms with Crippen LogP contribution >= 0.6 is 55.1 Å². The van der Waals surface area contributed by atoms with Crippen molar-refractivity contribution in [3.8, 4) is 0 Å². The summed E-state index contributed by atoms with van der Waals surface area (Å²) in [5.41, 5.74) is 6.39. The number of rotatable bonds is 3. The Labute approximate surface area is 148 Å². The van der Waals surface area contributed by atoms with Crippen LogP contribution in [0.3, 0.4) is 0 Å². The van der Waals surface area contributed by atoms with Crippen molar-refractivity contribution in [3.05, 3.63) is 49.3 Å². The van der Waals surface area contributed by atoms with Crippen molar-refractivity contribution in [2.45, 2.75) is 4.90 Å². The maximum absolute atomic E-state index is 12.5. The Balaban J connectivity index is 2.46. The van der Waals surface area contributed by atoms with Gasteiger partial charge in [-0.1, -0.05) is 23.2 Å². The minimum atomic E-state index is -3.82. The SMILES string of the molecule is Nc1cc(Br)c(S(=O)(=O)Nc2ccc(Cl)c(Cl)c2)c(Br)c1. The largest absolute Gasteiger partial charge is 0.399 e. The molecule has 0 saturated carbocycles. The van der Waals surface area contributed by atoms with Gasteiger partial charge in [-0.2, -0.15) is 0 Å². The van der Waals surface area contributed by atoms with Gasteiger partial charge in [0, 0.05) is 14.6 Å². The average Bonchev–Trinajstić information content (AvgIpc) is 2.31. The van der Waals surface area contributed by atoms with E-state index in [4.69, 9.17) is 28.9 Å². The molecule has 9 heteroatoms. The molecule has 0 heterocycles. The van der Waals surface area contributed by atoms with Crippen LogP contribution in [0.2, 0.25) is 10.0 Å². The fraction of sp³-hybridized carbons (Fsp3) is 0. The van der Waals surface area contributed by atoms with Crippen molar-refractivity contribution < 1.29 is 8.42 Å². The summed E-state index contributed by atoms with van der Waals surface area (Å²) < 4.78 is 28.1. The van der Waals surface area contributed by atoms with Crippen molar-refractivity contribution in [2.24, 2.45) is 0 Å². The second kappa shape index (κ2) is 6.34. The molecule has 0 amide bonds. The predicted molar refractivity (Wildman–Crippen MR) is 93.5 cm³/mol. The summed E-state index contributed by atoms with van der Waals surface area (Å²) in [4.78, 5) is 0.0442. The van der Waals surface area contributed by atoms with Crippen molar-refractivity contribution >= 4 is 76.5 Å². The Morgan fingerprint density at radius 1 is 1.00 bits per heavy atom. The summed E-state index contributed by atoms with van der Waals surface area (Å²) in [5, 5.41) is 0.599. The number of benzene rings is 2. The van der Waals surface area contributed by atoms with Gasteiger partial charge >= 0.3 is 0 Å². The Morgan fingerprint density at radius 2 is 1.57 bits per heavy atom. The Morgan fingerprint density at radius 3 is 2.10 bits per heavy atom. The van der Waals surface area contributed by atoms with Crippen LogP contribution in [0, 0.1) is 0 Å². The fourth-order valence-corrected chi connectivity index (χ4v) is 5.57. The minimum absolute atomic E-state index is 0.0442. The Kier molecular flexibility index (Phi) is 5.10. The molecular weight excluding hydrogens is 467 g/mol. The third-order valence-electron chi connectivity index (χ3n) is 2.46. The van der Waals surface area contributed by atoms with E-state index in [0.717, 1.165) is 0 Å². The number of nitrogen functional groups attached to an aromatic ring is 1. The molecule has 2 rings (SSSR count). The van der Waals surface area contributed by atoms with Crippen molar-refractivity contribution in [1.82, 2.24) is 0 Å². The molecule has 4 nitrogen and oxygen atoms in total. The summed E-state index contributed by atoms with van der Waals surface area (Å²) in [7, 11) is -3.82. The second-order valence-electron chi connectivity index (χ2n) is 4.05. The molecule has 3 N–H and O–H groups in total. The summed E-state index contributed by atoms with van der Waals surface area (Å²) in [5.74, 6) is 0. The van der Waals surface area contributed by atoms with E-state index in [1.54, 1.807) is 0 Å². The first-order valence-electron chi connectivity index (χ1n) is 5.43. The molecule has 0 saturated heterocycles. The molecule has 0 unspecified atom stereocenters. The summed E-state index contributed by atoms with van der Waals surface area (Å²) in [6.07, 6.45) is 0. The molecule has 2 aromatic carbocycles. The number of nitrogens with two attached hydrogens (primary N) is 1. The van der Waals surface area contributed by atoms with Crippen molar-refractivity contribution in [2.75, 3.05) is 10.5 Å². The van der Waals surface area contributed by atoms with E-state index < -0.39 is 10.0 Å². The van der Waals surface area contributed by atoms with Crippen molar-refractivity contribution in [3.63, 3.8) is 0 Å². The van der Waals surface area contributed by atoms with Gasteiger partial charge in [-0.15, -0.1) is 0 Å². The van der Waals surface area contributed by atoms with Crippen LogP contribution in [-0.4, -0.2) is 8.42 Å². The van der Waals surface area contributed by atoms with E-state index in [1.807, 2.05) is 0 Å². The van der Waals surface area contributed by atoms with Gasteiger partial charge in [0.2, 0.25) is 0 Å². The zero-order chi connectivity index (χ0) is 15.8. The van der Waals surface area contributed by atoms with Gasteiger partial charge in [-0.25, -0.2) is 8.42 Å². The average molecular weight is 475 g/mol. The molecule has 0 fully saturated rings. The number of halogens is 4. The van der Waals surface area contributed by atoms with Gasteiger partial charge in [-0.3, -0.25) is 4.72 Å². The quantitative estimate of drug-likeness (QED) is 0.621. The highest BCUT2D eigenvalue weighted by Gasteiger charge is 2.22. The molecule has 21 heavy (non-hydrogen) atoms. The summed E-state index contributed by atoms with van der Waals surface area (Å²) in [6.45, 7) is 0. The van der Waals surface area contributed by atoms with E-state index in [9.17, 15) is 8.42 Å². The van der Waals surface area contributed by atoms with Crippen LogP contribution in [0.1, 0.15) is 0 Å². The van der Waals surface area contributed by atoms with E-state index in [1.165, 1.54) is 30.3 Å². The molecule has 0 aliphatic rings. The topological polar surface area (TPSA) is 72.2 Å². The lowest BCUT2D eigenvalue weighted by molar-refractivity contribution is 0.600. The lowest BCUT2D eigenvalue weighted by Crippen LogP contribution is -2.14. The molecular formula is C12H8Br2Cl2N2O2S. The van der Waals surface area contributed by atoms with E-state index >= 15 is 0 Å². The first-order valence-corrected chi connectivity index (χ1v) is 9.25.